The van der Waals surface area contributed by atoms with Crippen molar-refractivity contribution >= 4 is 38.0 Å². The maximum absolute atomic E-state index is 12.2. The minimum absolute atomic E-state index is 0. The van der Waals surface area contributed by atoms with Gasteiger partial charge in [0.1, 0.15) is 5.76 Å². The maximum Gasteiger partial charge on any atom is 0.164 e. The summed E-state index contributed by atoms with van der Waals surface area (Å²) in [5.41, 5.74) is 5.66. The van der Waals surface area contributed by atoms with Crippen LogP contribution >= 0.6 is 11.3 Å². The number of aryl methyl sites for hydroxylation is 2. The van der Waals surface area contributed by atoms with E-state index in [1.54, 1.807) is 0 Å². The van der Waals surface area contributed by atoms with Gasteiger partial charge in [-0.05, 0) is 76.4 Å². The summed E-state index contributed by atoms with van der Waals surface area (Å²) in [7, 11) is 0. The number of allylic oxidation sites excluding steroid dienone is 2. The molecule has 0 unspecified atom stereocenters. The Balaban J connectivity index is 0.000000331. The van der Waals surface area contributed by atoms with Gasteiger partial charge in [-0.25, -0.2) is 0 Å². The van der Waals surface area contributed by atoms with E-state index in [1.165, 1.54) is 38.1 Å². The summed E-state index contributed by atoms with van der Waals surface area (Å²) >= 11 is 1.86. The van der Waals surface area contributed by atoms with Crippen LogP contribution in [0.4, 0.5) is 0 Å². The molecule has 4 rings (SSSR count). The van der Waals surface area contributed by atoms with Crippen molar-refractivity contribution < 1.29 is 30.0 Å². The molecule has 2 aromatic carbocycles. The number of carbonyl (C=O) groups is 1. The topological polar surface area (TPSA) is 50.2 Å². The molecular formula is C39H52IrNO2S-. The smallest absolute Gasteiger partial charge is 0.164 e. The third kappa shape index (κ3) is 8.68. The molecule has 1 N–H and O–H groups in total. The van der Waals surface area contributed by atoms with Gasteiger partial charge in [-0.2, -0.15) is 0 Å². The van der Waals surface area contributed by atoms with Gasteiger partial charge in [0.2, 0.25) is 0 Å². The summed E-state index contributed by atoms with van der Waals surface area (Å²) in [4.78, 5) is 16.9. The molecule has 4 aromatic rings. The van der Waals surface area contributed by atoms with E-state index >= 15 is 0 Å². The Kier molecular flexibility index (Phi) is 13.2. The Hall–Kier alpha value is -2.33. The number of aliphatic hydroxyl groups is 1. The maximum atomic E-state index is 12.2. The third-order valence-electron chi connectivity index (χ3n) is 9.29. The van der Waals surface area contributed by atoms with Crippen LogP contribution in [0.15, 0.2) is 53.7 Å². The van der Waals surface area contributed by atoms with E-state index < -0.39 is 0 Å². The van der Waals surface area contributed by atoms with E-state index in [9.17, 15) is 9.90 Å². The van der Waals surface area contributed by atoms with Gasteiger partial charge >= 0.3 is 0 Å². The van der Waals surface area contributed by atoms with E-state index in [4.69, 9.17) is 4.98 Å². The number of aliphatic hydroxyl groups excluding tert-OH is 1. The monoisotopic (exact) mass is 791 g/mol. The number of hydrogen-bond acceptors (Lipinski definition) is 4. The van der Waals surface area contributed by atoms with Crippen molar-refractivity contribution in [2.24, 2.45) is 16.2 Å². The molecule has 0 saturated heterocycles. The minimum Gasteiger partial charge on any atom is -0.512 e. The van der Waals surface area contributed by atoms with Gasteiger partial charge in [0, 0.05) is 47.9 Å². The zero-order valence-corrected chi connectivity index (χ0v) is 31.9. The van der Waals surface area contributed by atoms with E-state index in [0.717, 1.165) is 48.9 Å². The molecule has 2 heterocycles. The molecule has 0 saturated carbocycles. The second kappa shape index (κ2) is 15.3. The number of aromatic nitrogens is 1. The summed E-state index contributed by atoms with van der Waals surface area (Å²) in [6.45, 7) is 23.2. The van der Waals surface area contributed by atoms with E-state index in [0.29, 0.717) is 5.41 Å². The molecule has 0 aliphatic rings. The average Bonchev–Trinajstić information content (AvgIpc) is 3.37. The number of benzene rings is 2. The Morgan fingerprint density at radius 2 is 1.48 bits per heavy atom. The first kappa shape index (κ1) is 37.9. The minimum atomic E-state index is -0.337. The summed E-state index contributed by atoms with van der Waals surface area (Å²) in [6, 6.07) is 14.5. The quantitative estimate of drug-likeness (QED) is 0.104. The van der Waals surface area contributed by atoms with Gasteiger partial charge < -0.3 is 10.1 Å². The molecule has 0 aliphatic heterocycles. The summed E-state index contributed by atoms with van der Waals surface area (Å²) in [5, 5.41) is 16.4. The van der Waals surface area contributed by atoms with Gasteiger partial charge in [-0.1, -0.05) is 88.3 Å². The van der Waals surface area contributed by atoms with Crippen LogP contribution in [-0.2, 0) is 31.3 Å². The van der Waals surface area contributed by atoms with Crippen molar-refractivity contribution in [2.75, 3.05) is 0 Å². The molecule has 0 fully saturated rings. The molecular weight excluding hydrogens is 739 g/mol. The predicted octanol–water partition coefficient (Wildman–Crippen LogP) is 11.8. The number of rotatable bonds is 9. The van der Waals surface area contributed by atoms with Gasteiger partial charge in [-0.3, -0.25) is 4.79 Å². The normalized spacial score (nSPS) is 12.6. The molecule has 5 heteroatoms. The number of nitrogens with zero attached hydrogens (tertiary/aromatic N) is 1. The Morgan fingerprint density at radius 3 is 2.02 bits per heavy atom. The Morgan fingerprint density at radius 1 is 0.886 bits per heavy atom. The van der Waals surface area contributed by atoms with Crippen molar-refractivity contribution in [1.29, 1.82) is 0 Å². The summed E-state index contributed by atoms with van der Waals surface area (Å²) < 4.78 is 1.37. The van der Waals surface area contributed by atoms with Crippen LogP contribution in [0.5, 0.6) is 0 Å². The number of ketones is 1. The molecule has 0 spiro atoms. The average molecular weight is 791 g/mol. The molecule has 3 nitrogen and oxygen atoms in total. The van der Waals surface area contributed by atoms with Crippen molar-refractivity contribution in [2.45, 2.75) is 108 Å². The third-order valence-corrected chi connectivity index (χ3v) is 10.4. The number of carbonyl (C=O) groups excluding carboxylic acids is 1. The zero-order chi connectivity index (χ0) is 32.2. The van der Waals surface area contributed by atoms with Crippen molar-refractivity contribution in [3.63, 3.8) is 0 Å². The molecule has 0 amide bonds. The molecule has 2 aromatic heterocycles. The summed E-state index contributed by atoms with van der Waals surface area (Å²) in [6.07, 6.45) is 7.79. The number of thiophene rings is 1. The second-order valence-electron chi connectivity index (χ2n) is 13.9. The second-order valence-corrected chi connectivity index (χ2v) is 14.8. The number of fused-ring (bicyclic) bond motifs is 3. The first-order valence-corrected chi connectivity index (χ1v) is 16.7. The van der Waals surface area contributed by atoms with Gasteiger partial charge in [0.25, 0.3) is 0 Å². The van der Waals surface area contributed by atoms with Crippen molar-refractivity contribution in [3.05, 3.63) is 76.5 Å². The van der Waals surface area contributed by atoms with Gasteiger partial charge in [0.05, 0.1) is 0 Å². The fraction of sp³-hybridized carbons (Fsp3) is 0.487. The van der Waals surface area contributed by atoms with Crippen LogP contribution in [-0.4, -0.2) is 15.9 Å². The van der Waals surface area contributed by atoms with Crippen LogP contribution in [0.3, 0.4) is 0 Å². The molecule has 0 bridgehead atoms. The fourth-order valence-corrected chi connectivity index (χ4v) is 6.53. The Labute approximate surface area is 283 Å². The largest absolute Gasteiger partial charge is 0.512 e. The van der Waals surface area contributed by atoms with Crippen molar-refractivity contribution in [3.8, 4) is 11.3 Å². The molecule has 1 radical (unpaired) electrons. The molecule has 0 aliphatic carbocycles. The van der Waals surface area contributed by atoms with E-state index in [1.807, 2.05) is 59.1 Å². The van der Waals surface area contributed by atoms with Crippen molar-refractivity contribution in [1.82, 2.24) is 4.98 Å². The first-order valence-electron chi connectivity index (χ1n) is 15.9. The first-order chi connectivity index (χ1) is 20.1. The molecule has 0 atom stereocenters. The zero-order valence-electron chi connectivity index (χ0n) is 28.7. The van der Waals surface area contributed by atoms with E-state index in [2.05, 4.69) is 76.4 Å². The fourth-order valence-electron chi connectivity index (χ4n) is 5.43. The van der Waals surface area contributed by atoms with Crippen LogP contribution in [0, 0.1) is 36.2 Å². The summed E-state index contributed by atoms with van der Waals surface area (Å²) in [5.74, 6) is 0.286. The van der Waals surface area contributed by atoms with E-state index in [-0.39, 0.29) is 42.5 Å². The van der Waals surface area contributed by atoms with Gasteiger partial charge in [-0.15, -0.1) is 46.2 Å². The molecule has 44 heavy (non-hydrogen) atoms. The van der Waals surface area contributed by atoms with Crippen LogP contribution in [0.1, 0.15) is 105 Å². The number of hydrogen-bond donors (Lipinski definition) is 1. The number of pyridine rings is 1. The predicted molar refractivity (Wildman–Crippen MR) is 187 cm³/mol. The van der Waals surface area contributed by atoms with Crippen LogP contribution < -0.4 is 0 Å². The van der Waals surface area contributed by atoms with Crippen LogP contribution in [0.2, 0.25) is 0 Å². The Bertz CT molecular complexity index is 1580. The SMILES string of the molecule is CCC(C)(CC)C(=O)C=C(O)C(C)(CC)CC.Cc1[c-]c(-c2nccc3c2ccc2c(CC(C)(C)C)csc23)cc(C)c1.[Ir]. The van der Waals surface area contributed by atoms with Crippen LogP contribution in [0.25, 0.3) is 32.1 Å². The van der Waals surface area contributed by atoms with Gasteiger partial charge in [0.15, 0.2) is 5.78 Å². The standard InChI is InChI=1S/C24H24NS.C15H28O2.Ir/c1-15-10-16(2)12-17(11-15)22-20-7-6-19-18(13-24(3,4)5)14-26-23(19)21(20)8-9-25-22;1-7-14(5,8-2)12(16)11-13(17)15(6,9-3)10-4;/h6-11,14H,13H2,1-5H3;11,16H,7-10H2,1-6H3;/q-1;;. The molecule has 241 valence electrons.